The molecule has 22 heavy (non-hydrogen) atoms. The molecule has 0 aliphatic heterocycles. The Morgan fingerprint density at radius 2 is 1.82 bits per heavy atom. The third-order valence-corrected chi connectivity index (χ3v) is 3.72. The van der Waals surface area contributed by atoms with E-state index in [0.717, 1.165) is 22.2 Å². The number of hydrogen-bond acceptors (Lipinski definition) is 3. The molecule has 0 spiro atoms. The Balaban J connectivity index is 1.93. The van der Waals surface area contributed by atoms with Gasteiger partial charge in [0.1, 0.15) is 5.75 Å². The van der Waals surface area contributed by atoms with Crippen molar-refractivity contribution in [3.8, 4) is 5.75 Å². The van der Waals surface area contributed by atoms with Crippen molar-refractivity contribution in [2.45, 2.75) is 6.54 Å². The first-order valence-corrected chi connectivity index (χ1v) is 7.08. The summed E-state index contributed by atoms with van der Waals surface area (Å²) in [5, 5.41) is 19.4. The molecule has 5 heteroatoms. The molecule has 1 heterocycles. The lowest BCUT2D eigenvalue weighted by atomic mass is 9.80. The van der Waals surface area contributed by atoms with Crippen LogP contribution in [0.2, 0.25) is 0 Å². The van der Waals surface area contributed by atoms with E-state index in [1.54, 1.807) is 19.2 Å². The molecule has 2 N–H and O–H groups in total. The Hall–Kier alpha value is -2.37. The molecule has 0 atom stereocenters. The zero-order chi connectivity index (χ0) is 15.5. The maximum Gasteiger partial charge on any atom is 0.488 e. The van der Waals surface area contributed by atoms with Gasteiger partial charge < -0.3 is 14.8 Å². The van der Waals surface area contributed by atoms with Gasteiger partial charge in [-0.2, -0.15) is 4.57 Å². The van der Waals surface area contributed by atoms with E-state index in [0.29, 0.717) is 12.0 Å². The van der Waals surface area contributed by atoms with Crippen LogP contribution in [0, 0.1) is 0 Å². The van der Waals surface area contributed by atoms with Crippen LogP contribution in [0.15, 0.2) is 60.8 Å². The predicted octanol–water partition coefficient (Wildman–Crippen LogP) is 0.864. The number of aromatic nitrogens is 1. The minimum absolute atomic E-state index is 0.497. The first-order chi connectivity index (χ1) is 10.7. The van der Waals surface area contributed by atoms with E-state index in [4.69, 9.17) is 14.8 Å². The van der Waals surface area contributed by atoms with Crippen molar-refractivity contribution in [1.29, 1.82) is 0 Å². The van der Waals surface area contributed by atoms with Crippen LogP contribution in [0.1, 0.15) is 5.56 Å². The maximum atomic E-state index is 9.13. The van der Waals surface area contributed by atoms with Gasteiger partial charge in [-0.05, 0) is 23.7 Å². The number of benzene rings is 2. The summed E-state index contributed by atoms with van der Waals surface area (Å²) in [6.45, 7) is 0.714. The minimum atomic E-state index is -1.42. The van der Waals surface area contributed by atoms with E-state index in [1.165, 1.54) is 0 Å². The highest BCUT2D eigenvalue weighted by Crippen LogP contribution is 2.17. The molecule has 1 aromatic heterocycles. The van der Waals surface area contributed by atoms with Crippen LogP contribution in [-0.2, 0) is 6.54 Å². The zero-order valence-electron chi connectivity index (χ0n) is 12.3. The van der Waals surface area contributed by atoms with Crippen LogP contribution in [0.5, 0.6) is 5.75 Å². The van der Waals surface area contributed by atoms with Crippen LogP contribution in [0.4, 0.5) is 0 Å². The minimum Gasteiger partial charge on any atom is -0.497 e. The summed E-state index contributed by atoms with van der Waals surface area (Å²) in [6.07, 6.45) is 2.03. The number of ether oxygens (including phenoxy) is 1. The molecule has 0 saturated carbocycles. The highest BCUT2D eigenvalue weighted by Gasteiger charge is 2.13. The average Bonchev–Trinajstić information content (AvgIpc) is 2.55. The van der Waals surface area contributed by atoms with Crippen LogP contribution < -0.4 is 14.8 Å². The monoisotopic (exact) mass is 294 g/mol. The van der Waals surface area contributed by atoms with Crippen molar-refractivity contribution in [3.63, 3.8) is 0 Å². The fourth-order valence-corrected chi connectivity index (χ4v) is 2.52. The topological polar surface area (TPSA) is 53.6 Å². The quantitative estimate of drug-likeness (QED) is 0.554. The SMILES string of the molecule is COc1ccc2c(ccc[n+]2Cc2ccc(B(O)O)cc2)c1. The lowest BCUT2D eigenvalue weighted by Crippen LogP contribution is -2.35. The lowest BCUT2D eigenvalue weighted by Gasteiger charge is -2.05. The van der Waals surface area contributed by atoms with E-state index in [9.17, 15) is 0 Å². The Morgan fingerprint density at radius 1 is 1.05 bits per heavy atom. The van der Waals surface area contributed by atoms with Crippen molar-refractivity contribution >= 4 is 23.5 Å². The number of rotatable bonds is 4. The Kier molecular flexibility index (Phi) is 4.09. The summed E-state index contributed by atoms with van der Waals surface area (Å²) in [5.41, 5.74) is 2.71. The molecule has 0 radical (unpaired) electrons. The van der Waals surface area contributed by atoms with E-state index in [2.05, 4.69) is 10.6 Å². The maximum absolute atomic E-state index is 9.13. The average molecular weight is 294 g/mol. The van der Waals surface area contributed by atoms with Gasteiger partial charge in [-0.1, -0.05) is 24.3 Å². The van der Waals surface area contributed by atoms with E-state index < -0.39 is 7.12 Å². The van der Waals surface area contributed by atoms with Gasteiger partial charge in [0.05, 0.1) is 12.5 Å². The van der Waals surface area contributed by atoms with Crippen LogP contribution in [0.25, 0.3) is 10.9 Å². The molecule has 0 saturated heterocycles. The van der Waals surface area contributed by atoms with Gasteiger partial charge in [0.2, 0.25) is 5.52 Å². The number of nitrogens with zero attached hydrogens (tertiary/aromatic N) is 1. The Morgan fingerprint density at radius 3 is 2.50 bits per heavy atom. The van der Waals surface area contributed by atoms with E-state index in [1.807, 2.05) is 42.6 Å². The molecular weight excluding hydrogens is 277 g/mol. The molecule has 2 aromatic carbocycles. The summed E-state index contributed by atoms with van der Waals surface area (Å²) < 4.78 is 7.41. The predicted molar refractivity (Wildman–Crippen MR) is 86.1 cm³/mol. The van der Waals surface area contributed by atoms with Crippen molar-refractivity contribution in [2.75, 3.05) is 7.11 Å². The third-order valence-electron chi connectivity index (χ3n) is 3.72. The molecule has 0 amide bonds. The molecule has 0 unspecified atom stereocenters. The van der Waals surface area contributed by atoms with Gasteiger partial charge in [-0.15, -0.1) is 0 Å². The molecular formula is C17H17BNO3+. The summed E-state index contributed by atoms with van der Waals surface area (Å²) in [4.78, 5) is 0. The number of pyridine rings is 1. The normalized spacial score (nSPS) is 10.7. The zero-order valence-corrected chi connectivity index (χ0v) is 12.3. The number of hydrogen-bond donors (Lipinski definition) is 2. The fraction of sp³-hybridized carbons (Fsp3) is 0.118. The highest BCUT2D eigenvalue weighted by atomic mass is 16.5. The molecule has 0 aliphatic rings. The molecule has 3 rings (SSSR count). The van der Waals surface area contributed by atoms with Crippen molar-refractivity contribution in [3.05, 3.63) is 66.4 Å². The number of fused-ring (bicyclic) bond motifs is 1. The first kappa shape index (κ1) is 14.6. The van der Waals surface area contributed by atoms with Crippen LogP contribution in [0.3, 0.4) is 0 Å². The fourth-order valence-electron chi connectivity index (χ4n) is 2.52. The molecule has 0 bridgehead atoms. The van der Waals surface area contributed by atoms with Crippen molar-refractivity contribution in [1.82, 2.24) is 0 Å². The molecule has 3 aromatic rings. The summed E-state index contributed by atoms with van der Waals surface area (Å²) in [5.74, 6) is 0.839. The van der Waals surface area contributed by atoms with Gasteiger partial charge in [-0.25, -0.2) is 0 Å². The molecule has 4 nitrogen and oxygen atoms in total. The van der Waals surface area contributed by atoms with Gasteiger partial charge in [0.25, 0.3) is 0 Å². The van der Waals surface area contributed by atoms with Gasteiger partial charge in [-0.3, -0.25) is 0 Å². The second-order valence-corrected chi connectivity index (χ2v) is 5.18. The second kappa shape index (κ2) is 6.18. The summed E-state index contributed by atoms with van der Waals surface area (Å²) >= 11 is 0. The first-order valence-electron chi connectivity index (χ1n) is 7.08. The smallest absolute Gasteiger partial charge is 0.488 e. The number of methoxy groups -OCH3 is 1. The third kappa shape index (κ3) is 2.96. The Labute approximate surface area is 129 Å². The summed E-state index contributed by atoms with van der Waals surface area (Å²) in [7, 11) is 0.238. The van der Waals surface area contributed by atoms with Crippen LogP contribution >= 0.6 is 0 Å². The van der Waals surface area contributed by atoms with Crippen molar-refractivity contribution in [2.24, 2.45) is 0 Å². The highest BCUT2D eigenvalue weighted by molar-refractivity contribution is 6.58. The van der Waals surface area contributed by atoms with E-state index >= 15 is 0 Å². The largest absolute Gasteiger partial charge is 0.497 e. The van der Waals surface area contributed by atoms with E-state index in [-0.39, 0.29) is 0 Å². The Bertz CT molecular complexity index is 788. The lowest BCUT2D eigenvalue weighted by molar-refractivity contribution is -0.662. The second-order valence-electron chi connectivity index (χ2n) is 5.18. The van der Waals surface area contributed by atoms with Gasteiger partial charge >= 0.3 is 7.12 Å². The van der Waals surface area contributed by atoms with Gasteiger partial charge in [0, 0.05) is 17.7 Å². The molecule has 0 fully saturated rings. The van der Waals surface area contributed by atoms with Crippen molar-refractivity contribution < 1.29 is 19.4 Å². The molecule has 0 aliphatic carbocycles. The standard InChI is InChI=1S/C17H17BNO3/c1-22-16-8-9-17-14(11-16)3-2-10-19(17)12-13-4-6-15(7-5-13)18(20)21/h2-11,20-21H,12H2,1H3/q+1. The summed E-state index contributed by atoms with van der Waals surface area (Å²) in [6, 6.07) is 17.3. The van der Waals surface area contributed by atoms with Gasteiger partial charge in [0.15, 0.2) is 12.7 Å². The molecule has 110 valence electrons. The van der Waals surface area contributed by atoms with Crippen LogP contribution in [-0.4, -0.2) is 24.3 Å².